The number of nitrogens with one attached hydrogen (secondary N) is 1. The number of halogens is 3. The number of aromatic amines is 1. The predicted molar refractivity (Wildman–Crippen MR) is 102 cm³/mol. The molecule has 0 radical (unpaired) electrons. The van der Waals surface area contributed by atoms with Crippen molar-refractivity contribution in [2.75, 3.05) is 5.73 Å². The number of hydrogen-bond donors (Lipinski definition) is 2. The number of aromatic nitrogens is 4. The van der Waals surface area contributed by atoms with Gasteiger partial charge in [0.25, 0.3) is 5.56 Å². The van der Waals surface area contributed by atoms with Crippen molar-refractivity contribution in [1.82, 2.24) is 19.9 Å². The molecule has 0 aromatic carbocycles. The van der Waals surface area contributed by atoms with E-state index < -0.39 is 19.3 Å². The molecule has 0 aliphatic heterocycles. The van der Waals surface area contributed by atoms with Gasteiger partial charge in [-0.25, -0.2) is 4.98 Å². The Kier molecular flexibility index (Phi) is 17.3. The van der Waals surface area contributed by atoms with Crippen LogP contribution in [-0.4, -0.2) is 15.0 Å². The normalized spacial score (nSPS) is 14.7. The first-order valence-corrected chi connectivity index (χ1v) is 29.0. The van der Waals surface area contributed by atoms with E-state index in [2.05, 4.69) is 19.9 Å². The molecule has 0 atom stereocenters. The van der Waals surface area contributed by atoms with Crippen molar-refractivity contribution in [3.05, 3.63) is 16.7 Å². The molecular weight excluding hydrogens is 752 g/mol. The van der Waals surface area contributed by atoms with Gasteiger partial charge in [-0.2, -0.15) is 0 Å². The van der Waals surface area contributed by atoms with E-state index in [1.54, 1.807) is 0 Å². The first-order valence-electron chi connectivity index (χ1n) is 8.71. The zero-order valence-electron chi connectivity index (χ0n) is 14.8. The molecule has 140 valence electrons. The van der Waals surface area contributed by atoms with E-state index in [1.165, 1.54) is 70.5 Å². The minimum Gasteiger partial charge on any atom is 4.00 e. The van der Waals surface area contributed by atoms with Crippen LogP contribution in [0, 0.1) is 0 Å². The number of nitrogens with zero attached hydrogens (tertiary/aromatic N) is 3. The fraction of sp³-hybridized carbons (Fsp3) is 0.667. The number of nitrogen functional groups attached to an aromatic ring is 1. The van der Waals surface area contributed by atoms with Gasteiger partial charge >= 0.3 is 69.9 Å². The number of H-pyrrole nitrogens is 1. The molecule has 0 spiro atoms. The maximum absolute atomic E-state index is 11.0. The van der Waals surface area contributed by atoms with Gasteiger partial charge < -0.3 is 15.7 Å². The van der Waals surface area contributed by atoms with Crippen molar-refractivity contribution in [1.29, 1.82) is 0 Å². The molecule has 0 unspecified atom stereocenters. The van der Waals surface area contributed by atoms with Crippen molar-refractivity contribution >= 4 is 41.9 Å². The summed E-state index contributed by atoms with van der Waals surface area (Å²) in [4.78, 5) is 24.4. The molecule has 4 rings (SSSR count). The van der Waals surface area contributed by atoms with Gasteiger partial charge in [0.15, 0.2) is 0 Å². The van der Waals surface area contributed by atoms with E-state index in [4.69, 9.17) is 30.5 Å². The van der Waals surface area contributed by atoms with Crippen LogP contribution in [0.15, 0.2) is 11.1 Å². The molecule has 26 heavy (non-hydrogen) atoms. The molecule has 0 saturated heterocycles. The van der Waals surface area contributed by atoms with E-state index >= 15 is 0 Å². The molecule has 2 aliphatic rings. The predicted octanol–water partition coefficient (Wildman–Crippen LogP) is 4.82. The van der Waals surface area contributed by atoms with Crippen molar-refractivity contribution in [2.24, 2.45) is 0 Å². The number of nitrogens with two attached hydrogens (primary N) is 1. The van der Waals surface area contributed by atoms with E-state index in [-0.39, 0.29) is 48.5 Å². The zero-order chi connectivity index (χ0) is 18.5. The number of fused-ring (bicyclic) bond motifs is 1. The molecule has 2 heterocycles. The first kappa shape index (κ1) is 26.8. The molecule has 0 bridgehead atoms. The summed E-state index contributed by atoms with van der Waals surface area (Å²) in [6.07, 6.45) is 16.3. The van der Waals surface area contributed by atoms with Gasteiger partial charge in [0.1, 0.15) is 0 Å². The molecule has 3 N–H and O–H groups in total. The minimum absolute atomic E-state index is 0. The second-order valence-corrected chi connectivity index (χ2v) is 29.5. The summed E-state index contributed by atoms with van der Waals surface area (Å²) in [7, 11) is 15.1. The molecule has 11 heteroatoms. The Hall–Kier alpha value is 0.825. The summed E-state index contributed by atoms with van der Waals surface area (Å²) >= 11 is -2.37. The number of hydrogen-bond acceptors (Lipinski definition) is 4. The second kappa shape index (κ2) is 16.8. The van der Waals surface area contributed by atoms with Crippen LogP contribution < -0.4 is 16.3 Å². The summed E-state index contributed by atoms with van der Waals surface area (Å²) < 4.78 is 0. The van der Waals surface area contributed by atoms with E-state index in [1.807, 2.05) is 0 Å². The summed E-state index contributed by atoms with van der Waals surface area (Å²) in [6, 6.07) is 0. The topological polar surface area (TPSA) is 98.8 Å². The summed E-state index contributed by atoms with van der Waals surface area (Å²) in [5.41, 5.74) is 5.40. The Morgan fingerprint density at radius 2 is 1.35 bits per heavy atom. The molecule has 2 aromatic rings. The number of imidazole rings is 1. The smallest absolute Gasteiger partial charge is 4.00 e. The molecule has 2 fully saturated rings. The van der Waals surface area contributed by atoms with Crippen molar-refractivity contribution in [3.8, 4) is 0 Å². The van der Waals surface area contributed by atoms with Crippen molar-refractivity contribution in [2.45, 2.75) is 64.2 Å². The third-order valence-electron chi connectivity index (χ3n) is 3.76. The molecule has 2 aliphatic carbocycles. The van der Waals surface area contributed by atoms with Gasteiger partial charge in [-0.15, -0.1) is 0 Å². The van der Waals surface area contributed by atoms with Crippen LogP contribution in [0.3, 0.4) is 0 Å². The number of anilines is 1. The standard InChI is InChI=1S/C5H5N5O.2C5H10.3ClH.Hf.Hg/c6-5-9-3-2(4(11)10-5)7-1-8-3;2*1-2-4-5-3-1;;;;;/h1H,(H4,6,7,8,9,10,11);2*1-5H2;3*1H;;/q;;;;;;+4;+2/p-4. The van der Waals surface area contributed by atoms with Gasteiger partial charge in [-0.1, -0.05) is 70.5 Å². The monoisotopic (exact) mass is 777 g/mol. The average Bonchev–Trinajstić information content (AvgIpc) is 3.32. The van der Waals surface area contributed by atoms with Crippen LogP contribution in [0.2, 0.25) is 0 Å². The molecule has 2 saturated carbocycles. The van der Waals surface area contributed by atoms with Crippen LogP contribution >= 0.6 is 24.7 Å². The van der Waals surface area contributed by atoms with Gasteiger partial charge in [0.05, 0.1) is 5.65 Å². The average molecular weight is 776 g/mol. The largest absolute Gasteiger partial charge is 4.00 e. The maximum Gasteiger partial charge on any atom is 4.00 e. The van der Waals surface area contributed by atoms with Gasteiger partial charge in [0.2, 0.25) is 5.95 Å². The van der Waals surface area contributed by atoms with Gasteiger partial charge in [-0.3, -0.25) is 9.78 Å². The number of rotatable bonds is 0. The fourth-order valence-corrected chi connectivity index (χ4v) is 2.59. The maximum atomic E-state index is 11.0. The third-order valence-corrected chi connectivity index (χ3v) is 3.76. The van der Waals surface area contributed by atoms with E-state index in [9.17, 15) is 4.79 Å². The summed E-state index contributed by atoms with van der Waals surface area (Å²) in [5.74, 6) is 0.0583. The Morgan fingerprint density at radius 1 is 0.962 bits per heavy atom. The quantitative estimate of drug-likeness (QED) is 0.375. The molecule has 0 amide bonds. The van der Waals surface area contributed by atoms with E-state index in [0.717, 1.165) is 0 Å². The Balaban J connectivity index is 0.000000353. The Morgan fingerprint density at radius 3 is 1.73 bits per heavy atom. The molecular formula is C15H24Cl3HfHgN5O+2. The summed E-state index contributed by atoms with van der Waals surface area (Å²) in [6.45, 7) is 0. The molecule has 6 nitrogen and oxygen atoms in total. The van der Waals surface area contributed by atoms with Gasteiger partial charge in [-0.05, 0) is 0 Å². The second-order valence-electron chi connectivity index (χ2n) is 5.84. The van der Waals surface area contributed by atoms with Gasteiger partial charge in [0, 0.05) is 5.52 Å². The first-order chi connectivity index (χ1) is 12.0. The van der Waals surface area contributed by atoms with Crippen LogP contribution in [0.4, 0.5) is 5.95 Å². The van der Waals surface area contributed by atoms with Crippen LogP contribution in [-0.2, 0) is 45.2 Å². The Labute approximate surface area is 191 Å². The minimum atomic E-state index is -2.37. The summed E-state index contributed by atoms with van der Waals surface area (Å²) in [5, 5.41) is 0. The van der Waals surface area contributed by atoms with Crippen molar-refractivity contribution in [3.63, 3.8) is 0 Å². The van der Waals surface area contributed by atoms with Crippen LogP contribution in [0.25, 0.3) is 11.2 Å². The van der Waals surface area contributed by atoms with Crippen LogP contribution in [0.1, 0.15) is 64.2 Å². The third kappa shape index (κ3) is 13.1. The van der Waals surface area contributed by atoms with Crippen LogP contribution in [0.5, 0.6) is 0 Å². The SMILES string of the molecule is C1CCCC1.C1CCCC1.Nc1nc2nc[n-]c2c(=O)[nH]1.[Cl][Hg-]([Cl])[Cl].[Hf+4]. The van der Waals surface area contributed by atoms with Crippen molar-refractivity contribution < 1.29 is 45.2 Å². The fourth-order valence-electron chi connectivity index (χ4n) is 2.59. The Bertz CT molecular complexity index is 620. The van der Waals surface area contributed by atoms with E-state index in [0.29, 0.717) is 0 Å². The molecule has 2 aromatic heterocycles. The zero-order valence-corrected chi connectivity index (χ0v) is 26.2.